The Morgan fingerprint density at radius 3 is 2.24 bits per heavy atom. The molecule has 50 heavy (non-hydrogen) atoms. The van der Waals surface area contributed by atoms with Crippen molar-refractivity contribution in [1.29, 1.82) is 0 Å². The van der Waals surface area contributed by atoms with E-state index in [-0.39, 0.29) is 48.9 Å². The fraction of sp³-hybridized carbons (Fsp3) is 0.409. The van der Waals surface area contributed by atoms with Gasteiger partial charge in [-0.3, -0.25) is 9.78 Å². The Morgan fingerprint density at radius 1 is 0.960 bits per heavy atom. The van der Waals surface area contributed by atoms with Gasteiger partial charge in [-0.05, 0) is 66.8 Å². The van der Waals surface area contributed by atoms with E-state index in [4.69, 9.17) is 9.40 Å². The summed E-state index contributed by atoms with van der Waals surface area (Å²) in [5.74, 6) is 2.08. The Bertz CT molecular complexity index is 1910. The quantitative estimate of drug-likeness (QED) is 0.0622. The first-order valence-electron chi connectivity index (χ1n) is 18.0. The first-order chi connectivity index (χ1) is 23.3. The molecule has 5 nitrogen and oxygen atoms in total. The average Bonchev–Trinajstić information content (AvgIpc) is 3.47. The van der Waals surface area contributed by atoms with Gasteiger partial charge in [-0.2, -0.15) is 0 Å². The predicted molar refractivity (Wildman–Crippen MR) is 203 cm³/mol. The molecule has 1 radical (unpaired) electrons. The van der Waals surface area contributed by atoms with E-state index in [1.54, 1.807) is 0 Å². The summed E-state index contributed by atoms with van der Waals surface area (Å²) in [4.78, 5) is 16.5. The van der Waals surface area contributed by atoms with Gasteiger partial charge >= 0.3 is 0 Å². The van der Waals surface area contributed by atoms with E-state index in [1.165, 1.54) is 17.0 Å². The number of fused-ring (bicyclic) bond motifs is 2. The van der Waals surface area contributed by atoms with E-state index in [1.807, 2.05) is 50.7 Å². The van der Waals surface area contributed by atoms with Crippen molar-refractivity contribution in [3.8, 4) is 22.5 Å². The minimum Gasteiger partial charge on any atom is -0.512 e. The minimum absolute atomic E-state index is 0. The summed E-state index contributed by atoms with van der Waals surface area (Å²) in [5, 5.41) is 13.2. The van der Waals surface area contributed by atoms with Gasteiger partial charge in [0.2, 0.25) is 0 Å². The molecule has 0 aliphatic rings. The largest absolute Gasteiger partial charge is 0.512 e. The molecule has 0 unspecified atom stereocenters. The third kappa shape index (κ3) is 9.74. The van der Waals surface area contributed by atoms with Crippen LogP contribution in [-0.4, -0.2) is 15.9 Å². The molecule has 0 fully saturated rings. The molecule has 5 rings (SSSR count). The summed E-state index contributed by atoms with van der Waals surface area (Å²) in [7, 11) is 4.26. The molecular formula is C44H55IrN2O3-. The first kappa shape index (κ1) is 40.7. The molecule has 2 aromatic carbocycles. The van der Waals surface area contributed by atoms with Crippen molar-refractivity contribution in [3.63, 3.8) is 0 Å². The number of hydrogen-bond acceptors (Lipinski definition) is 4. The van der Waals surface area contributed by atoms with E-state index in [2.05, 4.69) is 96.3 Å². The molecule has 0 saturated carbocycles. The third-order valence-electron chi connectivity index (χ3n) is 9.36. The van der Waals surface area contributed by atoms with Crippen LogP contribution in [-0.2, 0) is 36.7 Å². The maximum Gasteiger partial charge on any atom is 0.162 e. The molecule has 3 heterocycles. The van der Waals surface area contributed by atoms with Crippen LogP contribution in [0.3, 0.4) is 0 Å². The molecule has 5 aromatic rings. The van der Waals surface area contributed by atoms with Crippen molar-refractivity contribution < 1.29 is 39.0 Å². The summed E-state index contributed by atoms with van der Waals surface area (Å²) in [6.45, 7) is 19.2. The number of aliphatic hydroxyl groups excluding tert-OH is 1. The first-order valence-corrected chi connectivity index (χ1v) is 18.0. The number of carbonyl (C=O) groups is 1. The maximum atomic E-state index is 11.7. The zero-order valence-electron chi connectivity index (χ0n) is 31.4. The zero-order valence-corrected chi connectivity index (χ0v) is 33.8. The Kier molecular flexibility index (Phi) is 14.6. The molecule has 0 aliphatic heterocycles. The summed E-state index contributed by atoms with van der Waals surface area (Å²) in [6.07, 6.45) is 9.64. The number of allylic oxidation sites excluding steroid dienone is 2. The molecule has 0 atom stereocenters. The maximum absolute atomic E-state index is 11.7. The van der Waals surface area contributed by atoms with Crippen LogP contribution in [0.15, 0.2) is 83.2 Å². The van der Waals surface area contributed by atoms with E-state index in [0.29, 0.717) is 5.92 Å². The summed E-state index contributed by atoms with van der Waals surface area (Å²) >= 11 is 0. The molecule has 1 N–H and O–H groups in total. The van der Waals surface area contributed by atoms with Gasteiger partial charge < -0.3 is 14.1 Å². The third-order valence-corrected chi connectivity index (χ3v) is 9.36. The monoisotopic (exact) mass is 852 g/mol. The zero-order chi connectivity index (χ0) is 35.9. The fourth-order valence-electron chi connectivity index (χ4n) is 6.43. The van der Waals surface area contributed by atoms with E-state index in [0.717, 1.165) is 76.7 Å². The number of furan rings is 1. The second kappa shape index (κ2) is 18.0. The molecule has 0 amide bonds. The smallest absolute Gasteiger partial charge is 0.162 e. The van der Waals surface area contributed by atoms with Crippen molar-refractivity contribution in [2.75, 3.05) is 0 Å². The van der Waals surface area contributed by atoms with Gasteiger partial charge in [-0.15, -0.1) is 29.1 Å². The number of carbonyl (C=O) groups excluding carboxylic acids is 1. The Morgan fingerprint density at radius 2 is 1.62 bits per heavy atom. The van der Waals surface area contributed by atoms with Gasteiger partial charge in [0, 0.05) is 63.1 Å². The van der Waals surface area contributed by atoms with Crippen LogP contribution >= 0.6 is 0 Å². The SMILES string of the molecule is CCC(CC)C(=O)/C=C(\O)C(CC)CC.[CH2-][n+]1ccc(-c2nccc3oc(CC(C)C)cc23)cc1-c1[c-]c2ccccc2c(C(C)(C)C)c1.[Ir]. The van der Waals surface area contributed by atoms with Crippen molar-refractivity contribution in [3.05, 3.63) is 103 Å². The molecule has 0 saturated heterocycles. The Labute approximate surface area is 313 Å². The van der Waals surface area contributed by atoms with E-state index in [9.17, 15) is 9.90 Å². The van der Waals surface area contributed by atoms with Crippen LogP contribution in [0.2, 0.25) is 0 Å². The van der Waals surface area contributed by atoms with Crippen molar-refractivity contribution in [1.82, 2.24) is 4.98 Å². The number of aromatic nitrogens is 2. The second-order valence-corrected chi connectivity index (χ2v) is 14.5. The number of aliphatic hydroxyl groups is 1. The standard InChI is InChI=1S/C31H31N2O.C13H24O2.Ir/c1-20(2)15-24-19-26-29(34-24)11-13-32-30(26)22-12-14-33(6)28(18-22)23-16-21-9-7-8-10-25(21)27(17-23)31(3,4)5;1-5-10(6-2)12(14)9-13(15)11(7-3)8-4;/h7-14,17-20H,6,15H2,1-5H3;9-11,14H,5-8H2,1-4H3;/q-1;;/b;12-9-;. The molecule has 269 valence electrons. The van der Waals surface area contributed by atoms with Crippen LogP contribution in [0, 0.1) is 30.9 Å². The van der Waals surface area contributed by atoms with Gasteiger partial charge in [0.15, 0.2) is 5.78 Å². The number of ketones is 1. The summed E-state index contributed by atoms with van der Waals surface area (Å²) < 4.78 is 8.03. The number of nitrogens with zero attached hydrogens (tertiary/aromatic N) is 2. The van der Waals surface area contributed by atoms with E-state index < -0.39 is 0 Å². The molecule has 0 spiro atoms. The van der Waals surface area contributed by atoms with Crippen molar-refractivity contribution in [2.24, 2.45) is 17.8 Å². The topological polar surface area (TPSA) is 67.2 Å². The van der Waals surface area contributed by atoms with Gasteiger partial charge in [0.25, 0.3) is 0 Å². The normalized spacial score (nSPS) is 12.0. The molecule has 0 aliphatic carbocycles. The summed E-state index contributed by atoms with van der Waals surface area (Å²) in [5.41, 5.74) is 6.17. The number of rotatable bonds is 11. The van der Waals surface area contributed by atoms with Gasteiger partial charge in [0.1, 0.15) is 17.0 Å². The molecule has 6 heteroatoms. The van der Waals surface area contributed by atoms with Crippen LogP contribution in [0.4, 0.5) is 0 Å². The van der Waals surface area contributed by atoms with Crippen molar-refractivity contribution in [2.45, 2.75) is 99.8 Å². The van der Waals surface area contributed by atoms with Crippen LogP contribution < -0.4 is 4.57 Å². The van der Waals surface area contributed by atoms with Crippen LogP contribution in [0.5, 0.6) is 0 Å². The average molecular weight is 852 g/mol. The van der Waals surface area contributed by atoms with Gasteiger partial charge in [-0.25, -0.2) is 0 Å². The molecular weight excluding hydrogens is 797 g/mol. The van der Waals surface area contributed by atoms with Gasteiger partial charge in [0.05, 0.1) is 17.6 Å². The Hall–Kier alpha value is -3.73. The Balaban J connectivity index is 0.000000361. The summed E-state index contributed by atoms with van der Waals surface area (Å²) in [6, 6.07) is 22.7. The number of benzene rings is 2. The second-order valence-electron chi connectivity index (χ2n) is 14.5. The van der Waals surface area contributed by atoms with E-state index >= 15 is 0 Å². The number of hydrogen-bond donors (Lipinski definition) is 1. The predicted octanol–water partition coefficient (Wildman–Crippen LogP) is 11.4. The van der Waals surface area contributed by atoms with Crippen LogP contribution in [0.25, 0.3) is 44.3 Å². The molecule has 0 bridgehead atoms. The molecule has 3 aromatic heterocycles. The minimum atomic E-state index is 0. The fourth-order valence-corrected chi connectivity index (χ4v) is 6.43. The van der Waals surface area contributed by atoms with Crippen LogP contribution in [0.1, 0.15) is 99.3 Å². The van der Waals surface area contributed by atoms with Crippen molar-refractivity contribution >= 4 is 27.5 Å². The van der Waals surface area contributed by atoms with Gasteiger partial charge in [-0.1, -0.05) is 91.5 Å². The number of pyridine rings is 2.